The Labute approximate surface area is 199 Å². The summed E-state index contributed by atoms with van der Waals surface area (Å²) < 4.78 is 26.1. The molecule has 1 aliphatic rings. The molecule has 2 rings (SSSR count). The smallest absolute Gasteiger partial charge is 0.215 e. The van der Waals surface area contributed by atoms with Gasteiger partial charge in [-0.15, -0.1) is 24.0 Å². The number of sulfonamides is 1. The minimum atomic E-state index is -3.22. The van der Waals surface area contributed by atoms with Gasteiger partial charge in [0.1, 0.15) is 0 Å². The third-order valence-electron chi connectivity index (χ3n) is 5.10. The second kappa shape index (κ2) is 14.0. The quantitative estimate of drug-likeness (QED) is 0.291. The van der Waals surface area contributed by atoms with Crippen LogP contribution in [0.15, 0.2) is 41.4 Å². The predicted octanol–water partition coefficient (Wildman–Crippen LogP) is 2.18. The zero-order valence-electron chi connectivity index (χ0n) is 18.3. The Hall–Kier alpha value is -1.17. The lowest BCUT2D eigenvalue weighted by molar-refractivity contribution is 0.194. The van der Waals surface area contributed by atoms with E-state index in [9.17, 15) is 8.42 Å². The number of nitrogens with one attached hydrogen (secondary N) is 1. The first-order valence-electron chi connectivity index (χ1n) is 10.4. The summed E-state index contributed by atoms with van der Waals surface area (Å²) in [6.07, 6.45) is 4.36. The molecule has 30 heavy (non-hydrogen) atoms. The molecule has 0 unspecified atom stereocenters. The van der Waals surface area contributed by atoms with Crippen molar-refractivity contribution in [2.24, 2.45) is 4.99 Å². The molecular formula is C21H36IN5O2S. The van der Waals surface area contributed by atoms with E-state index >= 15 is 0 Å². The number of hydrogen-bond acceptors (Lipinski definition) is 4. The highest BCUT2D eigenvalue weighted by Gasteiger charge is 2.21. The molecule has 0 saturated carbocycles. The molecule has 0 aromatic heterocycles. The summed E-state index contributed by atoms with van der Waals surface area (Å²) >= 11 is 0. The van der Waals surface area contributed by atoms with Gasteiger partial charge in [0.2, 0.25) is 10.0 Å². The normalized spacial score (nSPS) is 16.1. The Kier molecular flexibility index (Phi) is 12.5. The lowest BCUT2D eigenvalue weighted by atomic mass is 10.2. The van der Waals surface area contributed by atoms with E-state index in [1.807, 2.05) is 32.0 Å². The van der Waals surface area contributed by atoms with Gasteiger partial charge in [-0.2, -0.15) is 0 Å². The first-order chi connectivity index (χ1) is 14.0. The molecule has 0 radical (unpaired) electrons. The van der Waals surface area contributed by atoms with E-state index in [-0.39, 0.29) is 29.7 Å². The van der Waals surface area contributed by atoms with Crippen LogP contribution in [0.3, 0.4) is 0 Å². The molecule has 1 aliphatic heterocycles. The zero-order valence-corrected chi connectivity index (χ0v) is 21.5. The molecule has 0 aliphatic carbocycles. The number of nitrogens with zero attached hydrogens (tertiary/aromatic N) is 4. The lowest BCUT2D eigenvalue weighted by Crippen LogP contribution is -2.53. The van der Waals surface area contributed by atoms with E-state index in [0.717, 1.165) is 38.7 Å². The predicted molar refractivity (Wildman–Crippen MR) is 137 cm³/mol. The van der Waals surface area contributed by atoms with Gasteiger partial charge in [-0.3, -0.25) is 9.89 Å². The summed E-state index contributed by atoms with van der Waals surface area (Å²) in [5.74, 6) is 0.858. The van der Waals surface area contributed by atoms with Gasteiger partial charge in [-0.25, -0.2) is 12.7 Å². The van der Waals surface area contributed by atoms with E-state index in [0.29, 0.717) is 19.6 Å². The van der Waals surface area contributed by atoms with E-state index in [1.165, 1.54) is 9.87 Å². The van der Waals surface area contributed by atoms with Gasteiger partial charge in [0.05, 0.1) is 5.75 Å². The van der Waals surface area contributed by atoms with Crippen LogP contribution in [0.5, 0.6) is 0 Å². The average molecular weight is 550 g/mol. The molecule has 9 heteroatoms. The first kappa shape index (κ1) is 26.9. The molecule has 170 valence electrons. The van der Waals surface area contributed by atoms with Gasteiger partial charge in [-0.05, 0) is 5.56 Å². The summed E-state index contributed by atoms with van der Waals surface area (Å²) in [4.78, 5) is 8.94. The minimum Gasteiger partial charge on any atom is -0.355 e. The molecule has 0 atom stereocenters. The number of aliphatic imine (C=N–C) groups is 1. The van der Waals surface area contributed by atoms with Crippen LogP contribution in [-0.2, 0) is 10.0 Å². The standard InChI is InChI=1S/C21H35N5O2S.HI/c1-4-26(5-2)29(27,28)19-13-23-21(22-3)25-17-15-24(16-18-25)14-9-12-20-10-7-6-8-11-20;/h6-12H,4-5,13-19H2,1-3H3,(H,22,23);1H/b12-9+;. The fraction of sp³-hybridized carbons (Fsp3) is 0.571. The van der Waals surface area contributed by atoms with Crippen LogP contribution < -0.4 is 5.32 Å². The van der Waals surface area contributed by atoms with Gasteiger partial charge < -0.3 is 10.2 Å². The summed E-state index contributed by atoms with van der Waals surface area (Å²) in [5.41, 5.74) is 1.22. The second-order valence-corrected chi connectivity index (χ2v) is 9.06. The summed E-state index contributed by atoms with van der Waals surface area (Å²) in [5, 5.41) is 3.22. The molecule has 0 amide bonds. The van der Waals surface area contributed by atoms with Crippen LogP contribution in [0.4, 0.5) is 0 Å². The van der Waals surface area contributed by atoms with Crippen molar-refractivity contribution >= 4 is 46.0 Å². The lowest BCUT2D eigenvalue weighted by Gasteiger charge is -2.36. The molecule has 1 saturated heterocycles. The van der Waals surface area contributed by atoms with Crippen LogP contribution >= 0.6 is 24.0 Å². The highest BCUT2D eigenvalue weighted by atomic mass is 127. The number of hydrogen-bond donors (Lipinski definition) is 1. The maximum absolute atomic E-state index is 12.3. The number of halogens is 1. The monoisotopic (exact) mass is 549 g/mol. The topological polar surface area (TPSA) is 68.2 Å². The van der Waals surface area contributed by atoms with Crippen LogP contribution in [0.1, 0.15) is 19.4 Å². The van der Waals surface area contributed by atoms with Gasteiger partial charge in [0.15, 0.2) is 5.96 Å². The number of benzene rings is 1. The minimum absolute atomic E-state index is 0. The third-order valence-corrected chi connectivity index (χ3v) is 7.12. The van der Waals surface area contributed by atoms with Crippen molar-refractivity contribution in [2.75, 3.05) is 65.2 Å². The zero-order chi connectivity index (χ0) is 21.1. The SMILES string of the molecule is CCN(CC)S(=O)(=O)CCNC(=NC)N1CCN(C/C=C/c2ccccc2)CC1.I. The molecule has 1 fully saturated rings. The fourth-order valence-corrected chi connectivity index (χ4v) is 4.82. The maximum atomic E-state index is 12.3. The molecule has 1 aromatic carbocycles. The van der Waals surface area contributed by atoms with Crippen LogP contribution in [0.25, 0.3) is 6.08 Å². The van der Waals surface area contributed by atoms with Crippen molar-refractivity contribution in [3.8, 4) is 0 Å². The molecule has 7 nitrogen and oxygen atoms in total. The van der Waals surface area contributed by atoms with Gasteiger partial charge >= 0.3 is 0 Å². The highest BCUT2D eigenvalue weighted by molar-refractivity contribution is 14.0. The molecule has 1 N–H and O–H groups in total. The molecular weight excluding hydrogens is 513 g/mol. The average Bonchev–Trinajstić information content (AvgIpc) is 2.73. The van der Waals surface area contributed by atoms with Gasteiger partial charge in [-0.1, -0.05) is 56.3 Å². The van der Waals surface area contributed by atoms with Crippen molar-refractivity contribution in [2.45, 2.75) is 13.8 Å². The van der Waals surface area contributed by atoms with E-state index < -0.39 is 10.0 Å². The van der Waals surface area contributed by atoms with Crippen molar-refractivity contribution in [1.82, 2.24) is 19.4 Å². The Morgan fingerprint density at radius 1 is 1.13 bits per heavy atom. The van der Waals surface area contributed by atoms with Crippen molar-refractivity contribution in [3.63, 3.8) is 0 Å². The van der Waals surface area contributed by atoms with Gasteiger partial charge in [0.25, 0.3) is 0 Å². The third kappa shape index (κ3) is 8.52. The van der Waals surface area contributed by atoms with E-state index in [4.69, 9.17) is 0 Å². The molecule has 1 heterocycles. The summed E-state index contributed by atoms with van der Waals surface area (Å²) in [6.45, 7) is 9.70. The van der Waals surface area contributed by atoms with Crippen molar-refractivity contribution < 1.29 is 8.42 Å². The Morgan fingerprint density at radius 3 is 2.33 bits per heavy atom. The molecule has 0 spiro atoms. The van der Waals surface area contributed by atoms with Gasteiger partial charge in [0, 0.05) is 59.4 Å². The Bertz CT molecular complexity index is 759. The highest BCUT2D eigenvalue weighted by Crippen LogP contribution is 2.05. The van der Waals surface area contributed by atoms with Crippen molar-refractivity contribution in [3.05, 3.63) is 42.0 Å². The Balaban J connectivity index is 0.00000450. The number of rotatable bonds is 9. The van der Waals surface area contributed by atoms with E-state index in [1.54, 1.807) is 7.05 Å². The largest absolute Gasteiger partial charge is 0.355 e. The van der Waals surface area contributed by atoms with Crippen LogP contribution in [-0.4, -0.2) is 93.6 Å². The Morgan fingerprint density at radius 2 is 1.77 bits per heavy atom. The van der Waals surface area contributed by atoms with Crippen LogP contribution in [0.2, 0.25) is 0 Å². The summed E-state index contributed by atoms with van der Waals surface area (Å²) in [6, 6.07) is 10.3. The van der Waals surface area contributed by atoms with E-state index in [2.05, 4.69) is 44.4 Å². The van der Waals surface area contributed by atoms with Crippen LogP contribution in [0, 0.1) is 0 Å². The molecule has 0 bridgehead atoms. The number of piperazine rings is 1. The number of guanidine groups is 1. The molecule has 1 aromatic rings. The van der Waals surface area contributed by atoms with Crippen molar-refractivity contribution in [1.29, 1.82) is 0 Å². The fourth-order valence-electron chi connectivity index (χ4n) is 3.41. The second-order valence-electron chi connectivity index (χ2n) is 6.97. The summed E-state index contributed by atoms with van der Waals surface area (Å²) in [7, 11) is -1.47. The maximum Gasteiger partial charge on any atom is 0.215 e. The first-order valence-corrected chi connectivity index (χ1v) is 12.0.